The summed E-state index contributed by atoms with van der Waals surface area (Å²) in [6.45, 7) is 3.86. The lowest BCUT2D eigenvalue weighted by Gasteiger charge is -2.14. The molecule has 0 aliphatic heterocycles. The number of hydrogen-bond acceptors (Lipinski definition) is 2. The van der Waals surface area contributed by atoms with Gasteiger partial charge in [0.2, 0.25) is 0 Å². The largest absolute Gasteiger partial charge is 0.481 e. The van der Waals surface area contributed by atoms with Crippen molar-refractivity contribution in [2.75, 3.05) is 0 Å². The van der Waals surface area contributed by atoms with Gasteiger partial charge in [0.05, 0.1) is 0 Å². The molecular formula is C8H14O3. The number of aliphatic carboxylic acids is 1. The fraction of sp³-hybridized carbons (Fsp3) is 0.750. The van der Waals surface area contributed by atoms with Crippen LogP contribution in [0, 0.1) is 11.8 Å². The van der Waals surface area contributed by atoms with Crippen molar-refractivity contribution in [1.29, 1.82) is 0 Å². The molecule has 0 spiro atoms. The maximum atomic E-state index is 10.3. The number of carbonyl (C=O) groups is 2. The third-order valence-electron chi connectivity index (χ3n) is 1.78. The Morgan fingerprint density at radius 2 is 2.09 bits per heavy atom. The first-order valence-electron chi connectivity index (χ1n) is 3.73. The van der Waals surface area contributed by atoms with Crippen molar-refractivity contribution in [2.45, 2.75) is 26.7 Å². The van der Waals surface area contributed by atoms with Crippen LogP contribution < -0.4 is 0 Å². The molecule has 0 saturated heterocycles. The normalized spacial score (nSPS) is 13.0. The van der Waals surface area contributed by atoms with Crippen LogP contribution in [0.15, 0.2) is 0 Å². The summed E-state index contributed by atoms with van der Waals surface area (Å²) >= 11 is 0. The molecule has 0 bridgehead atoms. The van der Waals surface area contributed by atoms with E-state index < -0.39 is 5.97 Å². The van der Waals surface area contributed by atoms with Crippen LogP contribution in [0.2, 0.25) is 0 Å². The van der Waals surface area contributed by atoms with Crippen LogP contribution in [0.4, 0.5) is 0 Å². The van der Waals surface area contributed by atoms with E-state index in [4.69, 9.17) is 5.11 Å². The highest BCUT2D eigenvalue weighted by Gasteiger charge is 2.15. The van der Waals surface area contributed by atoms with Crippen LogP contribution in [0.1, 0.15) is 26.7 Å². The molecule has 1 N–H and O–H groups in total. The van der Waals surface area contributed by atoms with E-state index >= 15 is 0 Å². The lowest BCUT2D eigenvalue weighted by molar-refractivity contribution is -0.138. The van der Waals surface area contributed by atoms with Gasteiger partial charge in [-0.3, -0.25) is 4.79 Å². The Hall–Kier alpha value is -0.860. The van der Waals surface area contributed by atoms with Gasteiger partial charge in [-0.25, -0.2) is 0 Å². The van der Waals surface area contributed by atoms with Gasteiger partial charge in [0.25, 0.3) is 0 Å². The van der Waals surface area contributed by atoms with Gasteiger partial charge in [-0.15, -0.1) is 0 Å². The van der Waals surface area contributed by atoms with Crippen LogP contribution in [-0.4, -0.2) is 17.4 Å². The zero-order valence-corrected chi connectivity index (χ0v) is 6.91. The summed E-state index contributed by atoms with van der Waals surface area (Å²) in [4.78, 5) is 20.4. The van der Waals surface area contributed by atoms with Gasteiger partial charge in [-0.2, -0.15) is 0 Å². The molecule has 1 unspecified atom stereocenters. The maximum Gasteiger partial charge on any atom is 0.303 e. The third-order valence-corrected chi connectivity index (χ3v) is 1.78. The average molecular weight is 158 g/mol. The van der Waals surface area contributed by atoms with E-state index in [9.17, 15) is 9.59 Å². The maximum absolute atomic E-state index is 10.3. The molecule has 0 heterocycles. The topological polar surface area (TPSA) is 54.4 Å². The number of carbonyl (C=O) groups excluding carboxylic acids is 1. The number of rotatable bonds is 5. The zero-order chi connectivity index (χ0) is 8.85. The minimum Gasteiger partial charge on any atom is -0.481 e. The van der Waals surface area contributed by atoms with E-state index in [0.29, 0.717) is 6.42 Å². The second-order valence-corrected chi connectivity index (χ2v) is 3.00. The molecule has 0 fully saturated rings. The summed E-state index contributed by atoms with van der Waals surface area (Å²) in [7, 11) is 0. The molecule has 1 atom stereocenters. The molecule has 0 aliphatic rings. The van der Waals surface area contributed by atoms with Gasteiger partial charge in [-0.1, -0.05) is 13.8 Å². The van der Waals surface area contributed by atoms with E-state index in [1.54, 1.807) is 0 Å². The second-order valence-electron chi connectivity index (χ2n) is 3.00. The van der Waals surface area contributed by atoms with Crippen molar-refractivity contribution < 1.29 is 14.7 Å². The molecule has 0 aromatic heterocycles. The molecular weight excluding hydrogens is 144 g/mol. The minimum absolute atomic E-state index is 0.00926. The predicted octanol–water partition coefficient (Wildman–Crippen LogP) is 1.32. The summed E-state index contributed by atoms with van der Waals surface area (Å²) in [5.74, 6) is -0.577. The molecule has 0 aliphatic carbocycles. The van der Waals surface area contributed by atoms with Crippen molar-refractivity contribution in [3.05, 3.63) is 0 Å². The Labute approximate surface area is 66.4 Å². The molecule has 0 rings (SSSR count). The first-order chi connectivity index (χ1) is 5.07. The Morgan fingerprint density at radius 3 is 2.36 bits per heavy atom. The summed E-state index contributed by atoms with van der Waals surface area (Å²) in [6.07, 6.45) is 1.23. The SMILES string of the molecule is CC(C)C(CC=O)CC(=O)O. The molecule has 64 valence electrons. The predicted molar refractivity (Wildman–Crippen MR) is 41.3 cm³/mol. The molecule has 0 saturated carbocycles. The lowest BCUT2D eigenvalue weighted by Crippen LogP contribution is -2.14. The highest BCUT2D eigenvalue weighted by Crippen LogP contribution is 2.17. The highest BCUT2D eigenvalue weighted by molar-refractivity contribution is 5.67. The molecule has 0 amide bonds. The lowest BCUT2D eigenvalue weighted by atomic mass is 9.90. The van der Waals surface area contributed by atoms with Crippen molar-refractivity contribution in [3.8, 4) is 0 Å². The van der Waals surface area contributed by atoms with Gasteiger partial charge in [0.1, 0.15) is 6.29 Å². The van der Waals surface area contributed by atoms with E-state index in [-0.39, 0.29) is 18.3 Å². The first-order valence-corrected chi connectivity index (χ1v) is 3.73. The molecule has 11 heavy (non-hydrogen) atoms. The van der Waals surface area contributed by atoms with E-state index in [1.165, 1.54) is 0 Å². The number of carboxylic acids is 1. The monoisotopic (exact) mass is 158 g/mol. The van der Waals surface area contributed by atoms with Crippen LogP contribution in [-0.2, 0) is 9.59 Å². The van der Waals surface area contributed by atoms with Gasteiger partial charge in [0, 0.05) is 12.8 Å². The Morgan fingerprint density at radius 1 is 1.55 bits per heavy atom. The molecule has 3 nitrogen and oxygen atoms in total. The third kappa shape index (κ3) is 4.53. The van der Waals surface area contributed by atoms with E-state index in [0.717, 1.165) is 6.29 Å². The van der Waals surface area contributed by atoms with Gasteiger partial charge < -0.3 is 9.90 Å². The summed E-state index contributed by atoms with van der Waals surface area (Å²) < 4.78 is 0. The second kappa shape index (κ2) is 4.88. The van der Waals surface area contributed by atoms with Gasteiger partial charge in [0.15, 0.2) is 0 Å². The van der Waals surface area contributed by atoms with Crippen molar-refractivity contribution in [3.63, 3.8) is 0 Å². The average Bonchev–Trinajstić information content (AvgIpc) is 1.86. The molecule has 0 aromatic carbocycles. The fourth-order valence-electron chi connectivity index (χ4n) is 0.939. The number of aldehydes is 1. The van der Waals surface area contributed by atoms with Crippen LogP contribution >= 0.6 is 0 Å². The van der Waals surface area contributed by atoms with Crippen LogP contribution in [0.5, 0.6) is 0 Å². The highest BCUT2D eigenvalue weighted by atomic mass is 16.4. The quantitative estimate of drug-likeness (QED) is 0.614. The Bertz CT molecular complexity index is 140. The van der Waals surface area contributed by atoms with Crippen LogP contribution in [0.25, 0.3) is 0 Å². The van der Waals surface area contributed by atoms with E-state index in [2.05, 4.69) is 0 Å². The standard InChI is InChI=1S/C8H14O3/c1-6(2)7(3-4-9)5-8(10)11/h4,6-7H,3,5H2,1-2H3,(H,10,11). The van der Waals surface area contributed by atoms with Gasteiger partial charge in [-0.05, 0) is 11.8 Å². The summed E-state index contributed by atoms with van der Waals surface area (Å²) in [5, 5.41) is 8.44. The van der Waals surface area contributed by atoms with Crippen molar-refractivity contribution in [2.24, 2.45) is 11.8 Å². The number of carboxylic acid groups (broad SMARTS) is 1. The Balaban J connectivity index is 3.88. The van der Waals surface area contributed by atoms with Crippen molar-refractivity contribution >= 4 is 12.3 Å². The smallest absolute Gasteiger partial charge is 0.303 e. The van der Waals surface area contributed by atoms with Crippen molar-refractivity contribution in [1.82, 2.24) is 0 Å². The fourth-order valence-corrected chi connectivity index (χ4v) is 0.939. The molecule has 0 aromatic rings. The minimum atomic E-state index is -0.828. The van der Waals surface area contributed by atoms with Gasteiger partial charge >= 0.3 is 5.97 Å². The summed E-state index contributed by atoms with van der Waals surface area (Å²) in [6, 6.07) is 0. The first kappa shape index (κ1) is 10.1. The molecule has 0 radical (unpaired) electrons. The Kier molecular flexibility index (Phi) is 4.50. The van der Waals surface area contributed by atoms with E-state index in [1.807, 2.05) is 13.8 Å². The zero-order valence-electron chi connectivity index (χ0n) is 6.91. The molecule has 3 heteroatoms. The van der Waals surface area contributed by atoms with Crippen LogP contribution in [0.3, 0.4) is 0 Å². The summed E-state index contributed by atoms with van der Waals surface area (Å²) in [5.41, 5.74) is 0. The number of hydrogen-bond donors (Lipinski definition) is 1.